The molecule has 0 aliphatic carbocycles. The predicted octanol–water partition coefficient (Wildman–Crippen LogP) is 2.98. The maximum atomic E-state index is 9.51. The van der Waals surface area contributed by atoms with Gasteiger partial charge in [0.2, 0.25) is 0 Å². The highest BCUT2D eigenvalue weighted by Gasteiger charge is 2.06. The zero-order valence-electron chi connectivity index (χ0n) is 7.36. The summed E-state index contributed by atoms with van der Waals surface area (Å²) in [5, 5.41) is 18.1. The lowest BCUT2D eigenvalue weighted by molar-refractivity contribution is 0.471. The molecule has 2 aromatic rings. The molecule has 72 valence electrons. The molecule has 1 heterocycles. The lowest BCUT2D eigenvalue weighted by Crippen LogP contribution is -1.79. The number of aryl methyl sites for hydroxylation is 1. The number of aromatic nitrogens is 2. The third-order valence-electron chi connectivity index (χ3n) is 1.86. The molecule has 0 fully saturated rings. The summed E-state index contributed by atoms with van der Waals surface area (Å²) >= 11 is 4.68. The van der Waals surface area contributed by atoms with Crippen molar-refractivity contribution >= 4 is 27.3 Å². The Morgan fingerprint density at radius 1 is 1.36 bits per heavy atom. The highest BCUT2D eigenvalue weighted by atomic mass is 79.9. The smallest absolute Gasteiger partial charge is 0.183 e. The molecule has 0 amide bonds. The predicted molar refractivity (Wildman–Crippen MR) is 59.4 cm³/mol. The first-order chi connectivity index (χ1) is 6.66. The maximum absolute atomic E-state index is 9.51. The van der Waals surface area contributed by atoms with Crippen LogP contribution < -0.4 is 0 Å². The summed E-state index contributed by atoms with van der Waals surface area (Å²) in [4.78, 5) is 0. The highest BCUT2D eigenvalue weighted by Crippen LogP contribution is 2.29. The zero-order valence-corrected chi connectivity index (χ0v) is 9.76. The first-order valence-electron chi connectivity index (χ1n) is 3.96. The van der Waals surface area contributed by atoms with Crippen LogP contribution in [0.25, 0.3) is 10.6 Å². The number of hydrogen-bond donors (Lipinski definition) is 1. The molecule has 0 aliphatic heterocycles. The SMILES string of the molecule is Cc1ccc(-c2nnc(Br)s2)cc1O. The average Bonchev–Trinajstić information content (AvgIpc) is 2.57. The van der Waals surface area contributed by atoms with Gasteiger partial charge in [0, 0.05) is 5.56 Å². The maximum Gasteiger partial charge on any atom is 0.183 e. The minimum atomic E-state index is 0.286. The summed E-state index contributed by atoms with van der Waals surface area (Å²) in [5.41, 5.74) is 1.74. The quantitative estimate of drug-likeness (QED) is 0.867. The van der Waals surface area contributed by atoms with Gasteiger partial charge in [-0.2, -0.15) is 0 Å². The lowest BCUT2D eigenvalue weighted by Gasteiger charge is -1.99. The Balaban J connectivity index is 2.47. The molecule has 0 saturated carbocycles. The molecule has 0 radical (unpaired) electrons. The normalized spacial score (nSPS) is 10.4. The number of nitrogens with zero attached hydrogens (tertiary/aromatic N) is 2. The van der Waals surface area contributed by atoms with Crippen LogP contribution in [-0.2, 0) is 0 Å². The van der Waals surface area contributed by atoms with Gasteiger partial charge in [0.1, 0.15) is 10.8 Å². The van der Waals surface area contributed by atoms with Crippen molar-refractivity contribution in [3.8, 4) is 16.3 Å². The van der Waals surface area contributed by atoms with Crippen LogP contribution in [0.1, 0.15) is 5.56 Å². The van der Waals surface area contributed by atoms with E-state index in [9.17, 15) is 5.11 Å². The second-order valence-electron chi connectivity index (χ2n) is 2.86. The van der Waals surface area contributed by atoms with Crippen molar-refractivity contribution in [1.29, 1.82) is 0 Å². The third-order valence-corrected chi connectivity index (χ3v) is 3.26. The zero-order chi connectivity index (χ0) is 10.1. The number of halogens is 1. The van der Waals surface area contributed by atoms with Crippen LogP contribution in [0.4, 0.5) is 0 Å². The Labute approximate surface area is 93.6 Å². The molecule has 0 spiro atoms. The van der Waals surface area contributed by atoms with Crippen molar-refractivity contribution in [3.63, 3.8) is 0 Å². The van der Waals surface area contributed by atoms with E-state index in [2.05, 4.69) is 26.1 Å². The first kappa shape index (κ1) is 9.61. The van der Waals surface area contributed by atoms with E-state index in [1.165, 1.54) is 11.3 Å². The van der Waals surface area contributed by atoms with Gasteiger partial charge in [-0.25, -0.2) is 0 Å². The molecule has 0 unspecified atom stereocenters. The molecule has 14 heavy (non-hydrogen) atoms. The van der Waals surface area contributed by atoms with E-state index in [1.807, 2.05) is 19.1 Å². The van der Waals surface area contributed by atoms with Crippen LogP contribution >= 0.6 is 27.3 Å². The molecule has 0 bridgehead atoms. The Bertz CT molecular complexity index is 470. The monoisotopic (exact) mass is 270 g/mol. The molecule has 3 nitrogen and oxygen atoms in total. The highest BCUT2D eigenvalue weighted by molar-refractivity contribution is 9.11. The van der Waals surface area contributed by atoms with Gasteiger partial charge in [-0.1, -0.05) is 23.5 Å². The molecule has 0 atom stereocenters. The lowest BCUT2D eigenvalue weighted by atomic mass is 10.1. The summed E-state index contributed by atoms with van der Waals surface area (Å²) in [6.45, 7) is 1.86. The fraction of sp³-hybridized carbons (Fsp3) is 0.111. The van der Waals surface area contributed by atoms with E-state index in [4.69, 9.17) is 0 Å². The van der Waals surface area contributed by atoms with Gasteiger partial charge in [0.15, 0.2) is 3.92 Å². The van der Waals surface area contributed by atoms with Crippen molar-refractivity contribution in [1.82, 2.24) is 10.2 Å². The van der Waals surface area contributed by atoms with E-state index in [0.29, 0.717) is 0 Å². The molecule has 0 aliphatic rings. The van der Waals surface area contributed by atoms with Gasteiger partial charge >= 0.3 is 0 Å². The van der Waals surface area contributed by atoms with Crippen LogP contribution in [-0.4, -0.2) is 15.3 Å². The molecule has 1 N–H and O–H groups in total. The van der Waals surface area contributed by atoms with Crippen molar-refractivity contribution in [2.75, 3.05) is 0 Å². The summed E-state index contributed by atoms with van der Waals surface area (Å²) < 4.78 is 0.743. The minimum absolute atomic E-state index is 0.286. The van der Waals surface area contributed by atoms with Gasteiger partial charge in [0.25, 0.3) is 0 Å². The van der Waals surface area contributed by atoms with E-state index in [0.717, 1.165) is 20.1 Å². The molecular weight excluding hydrogens is 264 g/mol. The fourth-order valence-electron chi connectivity index (χ4n) is 1.06. The topological polar surface area (TPSA) is 46.0 Å². The van der Waals surface area contributed by atoms with E-state index in [1.54, 1.807) is 6.07 Å². The second kappa shape index (κ2) is 3.67. The van der Waals surface area contributed by atoms with Crippen molar-refractivity contribution < 1.29 is 5.11 Å². The van der Waals surface area contributed by atoms with Crippen LogP contribution in [0.15, 0.2) is 22.1 Å². The molecule has 1 aromatic heterocycles. The van der Waals surface area contributed by atoms with Crippen LogP contribution in [0.5, 0.6) is 5.75 Å². The summed E-state index contributed by atoms with van der Waals surface area (Å²) in [7, 11) is 0. The Hall–Kier alpha value is -0.940. The largest absolute Gasteiger partial charge is 0.508 e. The Morgan fingerprint density at radius 2 is 2.14 bits per heavy atom. The molecule has 5 heteroatoms. The Morgan fingerprint density at radius 3 is 2.71 bits per heavy atom. The van der Waals surface area contributed by atoms with Crippen molar-refractivity contribution in [3.05, 3.63) is 27.7 Å². The average molecular weight is 271 g/mol. The van der Waals surface area contributed by atoms with Gasteiger partial charge in [-0.3, -0.25) is 0 Å². The molecule has 0 saturated heterocycles. The number of phenolic OH excluding ortho intramolecular Hbond substituents is 1. The van der Waals surface area contributed by atoms with Gasteiger partial charge in [0.05, 0.1) is 0 Å². The number of phenols is 1. The van der Waals surface area contributed by atoms with Crippen LogP contribution in [0.3, 0.4) is 0 Å². The van der Waals surface area contributed by atoms with E-state index >= 15 is 0 Å². The molecule has 2 rings (SSSR count). The standard InChI is InChI=1S/C9H7BrN2OS/c1-5-2-3-6(4-7(5)13)8-11-12-9(10)14-8/h2-4,13H,1H3. The second-order valence-corrected chi connectivity index (χ2v) is 5.11. The Kier molecular flexibility index (Phi) is 2.52. The van der Waals surface area contributed by atoms with Crippen LogP contribution in [0, 0.1) is 6.92 Å². The molecule has 1 aromatic carbocycles. The van der Waals surface area contributed by atoms with E-state index < -0.39 is 0 Å². The van der Waals surface area contributed by atoms with Crippen molar-refractivity contribution in [2.24, 2.45) is 0 Å². The number of aromatic hydroxyl groups is 1. The number of benzene rings is 1. The van der Waals surface area contributed by atoms with Gasteiger partial charge in [-0.05, 0) is 34.5 Å². The van der Waals surface area contributed by atoms with Crippen molar-refractivity contribution in [2.45, 2.75) is 6.92 Å². The fourth-order valence-corrected chi connectivity index (χ4v) is 2.17. The first-order valence-corrected chi connectivity index (χ1v) is 5.57. The summed E-state index contributed by atoms with van der Waals surface area (Å²) in [5.74, 6) is 0.286. The number of rotatable bonds is 1. The summed E-state index contributed by atoms with van der Waals surface area (Å²) in [6, 6.07) is 5.48. The third kappa shape index (κ3) is 1.78. The van der Waals surface area contributed by atoms with Gasteiger partial charge < -0.3 is 5.11 Å². The minimum Gasteiger partial charge on any atom is -0.508 e. The van der Waals surface area contributed by atoms with E-state index in [-0.39, 0.29) is 5.75 Å². The molecular formula is C9H7BrN2OS. The van der Waals surface area contributed by atoms with Crippen LogP contribution in [0.2, 0.25) is 0 Å². The summed E-state index contributed by atoms with van der Waals surface area (Å²) in [6.07, 6.45) is 0. The van der Waals surface area contributed by atoms with Gasteiger partial charge in [-0.15, -0.1) is 10.2 Å². The number of hydrogen-bond acceptors (Lipinski definition) is 4.